The number of methoxy groups -OCH3 is 2. The van der Waals surface area contributed by atoms with Gasteiger partial charge in [-0.3, -0.25) is 4.79 Å². The molecule has 1 amide bonds. The van der Waals surface area contributed by atoms with Gasteiger partial charge in [-0.25, -0.2) is 0 Å². The predicted molar refractivity (Wildman–Crippen MR) is 80.0 cm³/mol. The number of piperidine rings is 1. The number of carbonyl (C=O) groups excluding carboxylic acids is 1. The number of likely N-dealkylation sites (tertiary alicyclic amines) is 1. The van der Waals surface area contributed by atoms with Gasteiger partial charge in [-0.05, 0) is 31.0 Å². The van der Waals surface area contributed by atoms with Crippen molar-refractivity contribution in [3.8, 4) is 5.75 Å². The summed E-state index contributed by atoms with van der Waals surface area (Å²) in [5, 5.41) is 9.90. The van der Waals surface area contributed by atoms with Crippen molar-refractivity contribution in [2.24, 2.45) is 0 Å². The summed E-state index contributed by atoms with van der Waals surface area (Å²) in [6.45, 7) is 1.08. The first-order valence-corrected chi connectivity index (χ1v) is 7.22. The molecule has 0 spiro atoms. The maximum Gasteiger partial charge on any atom is 0.253 e. The first-order chi connectivity index (χ1) is 10.0. The highest BCUT2D eigenvalue weighted by molar-refractivity contribution is 6.32. The van der Waals surface area contributed by atoms with Crippen LogP contribution in [-0.4, -0.2) is 55.4 Å². The lowest BCUT2D eigenvalue weighted by Crippen LogP contribution is -2.49. The molecule has 1 fully saturated rings. The van der Waals surface area contributed by atoms with E-state index in [-0.39, 0.29) is 12.5 Å². The maximum atomic E-state index is 12.5. The highest BCUT2D eigenvalue weighted by atomic mass is 35.5. The SMILES string of the molecule is COc1cc(C(=O)N2CCC(CO)(OC)CC2)ccc1Cl. The second kappa shape index (κ2) is 6.64. The Balaban J connectivity index is 2.08. The molecule has 21 heavy (non-hydrogen) atoms. The van der Waals surface area contributed by atoms with Crippen molar-refractivity contribution in [3.63, 3.8) is 0 Å². The quantitative estimate of drug-likeness (QED) is 0.923. The second-order valence-electron chi connectivity index (χ2n) is 5.19. The summed E-state index contributed by atoms with van der Waals surface area (Å²) in [4.78, 5) is 14.3. The van der Waals surface area contributed by atoms with E-state index in [1.807, 2.05) is 0 Å². The van der Waals surface area contributed by atoms with Gasteiger partial charge in [-0.15, -0.1) is 0 Å². The second-order valence-corrected chi connectivity index (χ2v) is 5.59. The molecule has 0 unspecified atom stereocenters. The highest BCUT2D eigenvalue weighted by Crippen LogP contribution is 2.28. The van der Waals surface area contributed by atoms with E-state index in [1.54, 1.807) is 30.2 Å². The van der Waals surface area contributed by atoms with Gasteiger partial charge in [0.1, 0.15) is 5.75 Å². The van der Waals surface area contributed by atoms with E-state index in [4.69, 9.17) is 21.1 Å². The van der Waals surface area contributed by atoms with Crippen LogP contribution in [0.15, 0.2) is 18.2 Å². The molecule has 1 heterocycles. The minimum atomic E-state index is -0.519. The van der Waals surface area contributed by atoms with Gasteiger partial charge in [0.2, 0.25) is 0 Å². The molecule has 0 aliphatic carbocycles. The van der Waals surface area contributed by atoms with Crippen molar-refractivity contribution < 1.29 is 19.4 Å². The fraction of sp³-hybridized carbons (Fsp3) is 0.533. The number of benzene rings is 1. The Morgan fingerprint density at radius 2 is 2.05 bits per heavy atom. The van der Waals surface area contributed by atoms with E-state index in [0.717, 1.165) is 0 Å². The van der Waals surface area contributed by atoms with Crippen molar-refractivity contribution in [2.45, 2.75) is 18.4 Å². The summed E-state index contributed by atoms with van der Waals surface area (Å²) in [7, 11) is 3.11. The van der Waals surface area contributed by atoms with Crippen molar-refractivity contribution >= 4 is 17.5 Å². The number of aliphatic hydroxyl groups excluding tert-OH is 1. The Hall–Kier alpha value is -1.30. The number of carbonyl (C=O) groups is 1. The fourth-order valence-electron chi connectivity index (χ4n) is 2.52. The molecule has 6 heteroatoms. The van der Waals surface area contributed by atoms with Gasteiger partial charge >= 0.3 is 0 Å². The third-order valence-electron chi connectivity index (χ3n) is 4.08. The number of hydrogen-bond donors (Lipinski definition) is 1. The molecule has 5 nitrogen and oxygen atoms in total. The number of aliphatic hydroxyl groups is 1. The van der Waals surface area contributed by atoms with Gasteiger partial charge in [0.15, 0.2) is 0 Å². The Morgan fingerprint density at radius 3 is 2.57 bits per heavy atom. The molecule has 0 atom stereocenters. The highest BCUT2D eigenvalue weighted by Gasteiger charge is 2.35. The van der Waals surface area contributed by atoms with Gasteiger partial charge in [-0.1, -0.05) is 11.6 Å². The zero-order valence-electron chi connectivity index (χ0n) is 12.3. The van der Waals surface area contributed by atoms with Crippen LogP contribution in [0, 0.1) is 0 Å². The van der Waals surface area contributed by atoms with Crippen molar-refractivity contribution in [1.29, 1.82) is 0 Å². The van der Waals surface area contributed by atoms with E-state index in [1.165, 1.54) is 7.11 Å². The van der Waals surface area contributed by atoms with Gasteiger partial charge in [0.05, 0.1) is 24.3 Å². The Morgan fingerprint density at radius 1 is 1.38 bits per heavy atom. The van der Waals surface area contributed by atoms with Crippen LogP contribution in [0.25, 0.3) is 0 Å². The van der Waals surface area contributed by atoms with E-state index < -0.39 is 5.60 Å². The van der Waals surface area contributed by atoms with E-state index in [9.17, 15) is 9.90 Å². The number of nitrogens with zero attached hydrogens (tertiary/aromatic N) is 1. The molecule has 1 aromatic rings. The van der Waals surface area contributed by atoms with Crippen molar-refractivity contribution in [3.05, 3.63) is 28.8 Å². The van der Waals surface area contributed by atoms with Crippen LogP contribution in [0.4, 0.5) is 0 Å². The standard InChI is InChI=1S/C15H20ClNO4/c1-20-13-9-11(3-4-12(13)16)14(19)17-7-5-15(10-18,21-2)6-8-17/h3-4,9,18H,5-8,10H2,1-2H3. The minimum Gasteiger partial charge on any atom is -0.495 e. The third kappa shape index (κ3) is 3.31. The van der Waals surface area contributed by atoms with Crippen LogP contribution < -0.4 is 4.74 Å². The van der Waals surface area contributed by atoms with Crippen LogP contribution >= 0.6 is 11.6 Å². The van der Waals surface area contributed by atoms with E-state index >= 15 is 0 Å². The summed E-state index contributed by atoms with van der Waals surface area (Å²) in [6, 6.07) is 5.00. The molecule has 1 aliphatic rings. The zero-order chi connectivity index (χ0) is 15.5. The van der Waals surface area contributed by atoms with Crippen molar-refractivity contribution in [1.82, 2.24) is 4.90 Å². The summed E-state index contributed by atoms with van der Waals surface area (Å²) < 4.78 is 10.5. The summed E-state index contributed by atoms with van der Waals surface area (Å²) in [6.07, 6.45) is 1.24. The fourth-order valence-corrected chi connectivity index (χ4v) is 2.71. The number of halogens is 1. The average molecular weight is 314 g/mol. The normalized spacial score (nSPS) is 17.6. The third-order valence-corrected chi connectivity index (χ3v) is 4.39. The summed E-state index contributed by atoms with van der Waals surface area (Å²) in [5.74, 6) is 0.425. The molecule has 0 bridgehead atoms. The van der Waals surface area contributed by atoms with Gasteiger partial charge in [0, 0.05) is 25.8 Å². The van der Waals surface area contributed by atoms with Crippen LogP contribution in [0.1, 0.15) is 23.2 Å². The minimum absolute atomic E-state index is 0.0275. The monoisotopic (exact) mass is 313 g/mol. The zero-order valence-corrected chi connectivity index (χ0v) is 13.0. The van der Waals surface area contributed by atoms with Crippen LogP contribution in [-0.2, 0) is 4.74 Å². The molecule has 2 rings (SSSR count). The lowest BCUT2D eigenvalue weighted by Gasteiger charge is -2.39. The van der Waals surface area contributed by atoms with Gasteiger partial charge in [0.25, 0.3) is 5.91 Å². The molecule has 1 N–H and O–H groups in total. The molecule has 0 saturated carbocycles. The number of hydrogen-bond acceptors (Lipinski definition) is 4. The topological polar surface area (TPSA) is 59.0 Å². The van der Waals surface area contributed by atoms with Crippen LogP contribution in [0.3, 0.4) is 0 Å². The lowest BCUT2D eigenvalue weighted by molar-refractivity contribution is -0.0845. The predicted octanol–water partition coefficient (Wildman–Crippen LogP) is 1.96. The first kappa shape index (κ1) is 16.1. The molecule has 1 aliphatic heterocycles. The number of ether oxygens (including phenoxy) is 2. The smallest absolute Gasteiger partial charge is 0.253 e. The largest absolute Gasteiger partial charge is 0.495 e. The molecule has 0 radical (unpaired) electrons. The van der Waals surface area contributed by atoms with Crippen molar-refractivity contribution in [2.75, 3.05) is 33.9 Å². The molecular formula is C15H20ClNO4. The van der Waals surface area contributed by atoms with Crippen LogP contribution in [0.5, 0.6) is 5.75 Å². The summed E-state index contributed by atoms with van der Waals surface area (Å²) in [5.41, 5.74) is 0.0271. The average Bonchev–Trinajstić information content (AvgIpc) is 2.54. The Kier molecular flexibility index (Phi) is 5.08. The number of amides is 1. The molecule has 116 valence electrons. The van der Waals surface area contributed by atoms with E-state index in [2.05, 4.69) is 0 Å². The molecule has 1 aromatic carbocycles. The molecular weight excluding hydrogens is 294 g/mol. The van der Waals surface area contributed by atoms with E-state index in [0.29, 0.717) is 42.3 Å². The maximum absolute atomic E-state index is 12.5. The molecule has 1 saturated heterocycles. The Bertz CT molecular complexity index is 506. The Labute approximate surface area is 129 Å². The van der Waals surface area contributed by atoms with Crippen LogP contribution in [0.2, 0.25) is 5.02 Å². The number of rotatable bonds is 4. The molecule has 0 aromatic heterocycles. The first-order valence-electron chi connectivity index (χ1n) is 6.84. The van der Waals surface area contributed by atoms with Gasteiger partial charge < -0.3 is 19.5 Å². The summed E-state index contributed by atoms with van der Waals surface area (Å²) >= 11 is 5.97. The van der Waals surface area contributed by atoms with Gasteiger partial charge in [-0.2, -0.15) is 0 Å². The lowest BCUT2D eigenvalue weighted by atomic mass is 9.91.